The molecule has 0 saturated carbocycles. The molecule has 0 aromatic carbocycles. The molecule has 1 fully saturated rings. The van der Waals surface area contributed by atoms with E-state index < -0.39 is 5.97 Å². The maximum Gasteiger partial charge on any atom is 0.306 e. The number of carboxylic acid groups (broad SMARTS) is 1. The molecule has 18 heavy (non-hydrogen) atoms. The van der Waals surface area contributed by atoms with Crippen LogP contribution in [0.4, 0.5) is 0 Å². The van der Waals surface area contributed by atoms with Gasteiger partial charge in [0.15, 0.2) is 0 Å². The number of carbonyl (C=O) groups excluding carboxylic acids is 1. The summed E-state index contributed by atoms with van der Waals surface area (Å²) in [7, 11) is 0. The average molecular weight is 255 g/mol. The SMILES string of the molecule is CCC(C)C(C)C(=O)N1CCC(C(=O)O)C(C)C1. The molecule has 4 atom stereocenters. The lowest BCUT2D eigenvalue weighted by molar-refractivity contribution is -0.149. The van der Waals surface area contributed by atoms with Crippen molar-refractivity contribution in [2.75, 3.05) is 13.1 Å². The fourth-order valence-corrected chi connectivity index (χ4v) is 2.60. The largest absolute Gasteiger partial charge is 0.481 e. The Morgan fingerprint density at radius 3 is 2.44 bits per heavy atom. The third-order valence-corrected chi connectivity index (χ3v) is 4.42. The fourth-order valence-electron chi connectivity index (χ4n) is 2.60. The maximum absolute atomic E-state index is 12.3. The fraction of sp³-hybridized carbons (Fsp3) is 0.857. The molecule has 1 aliphatic heterocycles. The van der Waals surface area contributed by atoms with Gasteiger partial charge < -0.3 is 10.0 Å². The molecule has 0 aromatic rings. The number of piperidine rings is 1. The molecular weight excluding hydrogens is 230 g/mol. The number of carboxylic acids is 1. The van der Waals surface area contributed by atoms with E-state index in [9.17, 15) is 9.59 Å². The van der Waals surface area contributed by atoms with Gasteiger partial charge in [-0.1, -0.05) is 34.1 Å². The van der Waals surface area contributed by atoms with Crippen molar-refractivity contribution in [1.82, 2.24) is 4.90 Å². The first-order valence-corrected chi connectivity index (χ1v) is 6.90. The summed E-state index contributed by atoms with van der Waals surface area (Å²) in [5.74, 6) is -0.393. The molecule has 4 nitrogen and oxygen atoms in total. The molecule has 0 spiro atoms. The van der Waals surface area contributed by atoms with Gasteiger partial charge in [-0.2, -0.15) is 0 Å². The molecule has 104 valence electrons. The van der Waals surface area contributed by atoms with Crippen molar-refractivity contribution in [3.8, 4) is 0 Å². The van der Waals surface area contributed by atoms with Gasteiger partial charge in [0.1, 0.15) is 0 Å². The predicted octanol–water partition coefficient (Wildman–Crippen LogP) is 2.24. The molecule has 1 N–H and O–H groups in total. The van der Waals surface area contributed by atoms with Crippen molar-refractivity contribution >= 4 is 11.9 Å². The summed E-state index contributed by atoms with van der Waals surface area (Å²) in [4.78, 5) is 25.2. The Balaban J connectivity index is 2.60. The van der Waals surface area contributed by atoms with Crippen molar-refractivity contribution in [2.45, 2.75) is 40.5 Å². The van der Waals surface area contributed by atoms with E-state index in [0.29, 0.717) is 25.4 Å². The highest BCUT2D eigenvalue weighted by Crippen LogP contribution is 2.26. The van der Waals surface area contributed by atoms with Crippen molar-refractivity contribution in [3.63, 3.8) is 0 Å². The van der Waals surface area contributed by atoms with Crippen LogP contribution in [0.1, 0.15) is 40.5 Å². The van der Waals surface area contributed by atoms with Gasteiger partial charge in [-0.25, -0.2) is 0 Å². The molecule has 1 amide bonds. The minimum absolute atomic E-state index is 0.0311. The molecule has 0 aromatic heterocycles. The van der Waals surface area contributed by atoms with Crippen LogP contribution >= 0.6 is 0 Å². The van der Waals surface area contributed by atoms with Gasteiger partial charge in [0.25, 0.3) is 0 Å². The van der Waals surface area contributed by atoms with Gasteiger partial charge in [-0.15, -0.1) is 0 Å². The Labute approximate surface area is 109 Å². The van der Waals surface area contributed by atoms with E-state index in [1.807, 2.05) is 18.7 Å². The van der Waals surface area contributed by atoms with Crippen LogP contribution in [-0.4, -0.2) is 35.0 Å². The number of rotatable bonds is 4. The standard InChI is InChI=1S/C14H25NO3/c1-5-9(2)11(4)13(16)15-7-6-12(14(17)18)10(3)8-15/h9-12H,5-8H2,1-4H3,(H,17,18). The van der Waals surface area contributed by atoms with Gasteiger partial charge in [0.05, 0.1) is 5.92 Å². The lowest BCUT2D eigenvalue weighted by Crippen LogP contribution is -2.47. The molecule has 0 aliphatic carbocycles. The topological polar surface area (TPSA) is 57.6 Å². The van der Waals surface area contributed by atoms with E-state index in [1.165, 1.54) is 0 Å². The molecule has 1 aliphatic rings. The number of aliphatic carboxylic acids is 1. The van der Waals surface area contributed by atoms with Gasteiger partial charge in [0.2, 0.25) is 5.91 Å². The summed E-state index contributed by atoms with van der Waals surface area (Å²) in [5.41, 5.74) is 0. The Morgan fingerprint density at radius 1 is 1.39 bits per heavy atom. The van der Waals surface area contributed by atoms with Gasteiger partial charge in [0, 0.05) is 19.0 Å². The first kappa shape index (κ1) is 15.0. The third kappa shape index (κ3) is 3.24. The van der Waals surface area contributed by atoms with Crippen LogP contribution in [0, 0.1) is 23.7 Å². The lowest BCUT2D eigenvalue weighted by Gasteiger charge is -2.37. The Kier molecular flexibility index (Phi) is 5.17. The summed E-state index contributed by atoms with van der Waals surface area (Å²) < 4.78 is 0. The highest BCUT2D eigenvalue weighted by atomic mass is 16.4. The summed E-state index contributed by atoms with van der Waals surface area (Å²) >= 11 is 0. The van der Waals surface area contributed by atoms with E-state index in [1.54, 1.807) is 0 Å². The molecule has 1 heterocycles. The Hall–Kier alpha value is -1.06. The summed E-state index contributed by atoms with van der Waals surface area (Å²) in [6.45, 7) is 9.25. The van der Waals surface area contributed by atoms with Gasteiger partial charge in [-0.3, -0.25) is 9.59 Å². The van der Waals surface area contributed by atoms with Crippen molar-refractivity contribution in [3.05, 3.63) is 0 Å². The van der Waals surface area contributed by atoms with Crippen LogP contribution in [0.3, 0.4) is 0 Å². The highest BCUT2D eigenvalue weighted by molar-refractivity contribution is 5.79. The number of hydrogen-bond donors (Lipinski definition) is 1. The Morgan fingerprint density at radius 2 is 2.00 bits per heavy atom. The minimum atomic E-state index is -0.732. The predicted molar refractivity (Wildman–Crippen MR) is 70.1 cm³/mol. The zero-order valence-electron chi connectivity index (χ0n) is 11.8. The van der Waals surface area contributed by atoms with Crippen LogP contribution < -0.4 is 0 Å². The second-order valence-electron chi connectivity index (χ2n) is 5.67. The molecule has 1 rings (SSSR count). The maximum atomic E-state index is 12.3. The van der Waals surface area contributed by atoms with Crippen molar-refractivity contribution in [2.24, 2.45) is 23.7 Å². The lowest BCUT2D eigenvalue weighted by atomic mass is 9.85. The van der Waals surface area contributed by atoms with Crippen LogP contribution in [0.25, 0.3) is 0 Å². The summed E-state index contributed by atoms with van der Waals surface area (Å²) in [6, 6.07) is 0. The molecule has 0 radical (unpaired) electrons. The number of likely N-dealkylation sites (tertiary alicyclic amines) is 1. The van der Waals surface area contributed by atoms with Crippen molar-refractivity contribution in [1.29, 1.82) is 0 Å². The van der Waals surface area contributed by atoms with Crippen molar-refractivity contribution < 1.29 is 14.7 Å². The third-order valence-electron chi connectivity index (χ3n) is 4.42. The molecular formula is C14H25NO3. The number of amides is 1. The van der Waals surface area contributed by atoms with Crippen LogP contribution in [0.15, 0.2) is 0 Å². The summed E-state index contributed by atoms with van der Waals surface area (Å²) in [5, 5.41) is 9.07. The highest BCUT2D eigenvalue weighted by Gasteiger charge is 2.34. The first-order chi connectivity index (χ1) is 8.38. The minimum Gasteiger partial charge on any atom is -0.481 e. The van der Waals surface area contributed by atoms with E-state index in [0.717, 1.165) is 6.42 Å². The molecule has 0 bridgehead atoms. The normalized spacial score (nSPS) is 27.7. The molecule has 4 heteroatoms. The number of nitrogens with zero attached hydrogens (tertiary/aromatic N) is 1. The zero-order valence-corrected chi connectivity index (χ0v) is 11.8. The van der Waals surface area contributed by atoms with Crippen LogP contribution in [-0.2, 0) is 9.59 Å². The quantitative estimate of drug-likeness (QED) is 0.838. The van der Waals surface area contributed by atoms with E-state index in [4.69, 9.17) is 5.11 Å². The van der Waals surface area contributed by atoms with E-state index in [2.05, 4.69) is 13.8 Å². The monoisotopic (exact) mass is 255 g/mol. The zero-order chi connectivity index (χ0) is 13.9. The number of carbonyl (C=O) groups is 2. The second-order valence-corrected chi connectivity index (χ2v) is 5.67. The smallest absolute Gasteiger partial charge is 0.306 e. The molecule has 4 unspecified atom stereocenters. The summed E-state index contributed by atoms with van der Waals surface area (Å²) in [6.07, 6.45) is 1.57. The average Bonchev–Trinajstić information content (AvgIpc) is 2.35. The van der Waals surface area contributed by atoms with Gasteiger partial charge >= 0.3 is 5.97 Å². The first-order valence-electron chi connectivity index (χ1n) is 6.90. The van der Waals surface area contributed by atoms with Crippen LogP contribution in [0.5, 0.6) is 0 Å². The van der Waals surface area contributed by atoms with Crippen LogP contribution in [0.2, 0.25) is 0 Å². The second kappa shape index (κ2) is 6.21. The van der Waals surface area contributed by atoms with E-state index in [-0.39, 0.29) is 23.7 Å². The molecule has 1 saturated heterocycles. The number of hydrogen-bond acceptors (Lipinski definition) is 2. The van der Waals surface area contributed by atoms with Gasteiger partial charge in [-0.05, 0) is 18.3 Å². The Bertz CT molecular complexity index is 316. The van der Waals surface area contributed by atoms with E-state index >= 15 is 0 Å².